The van der Waals surface area contributed by atoms with Crippen molar-refractivity contribution in [3.8, 4) is 17.4 Å². The summed E-state index contributed by atoms with van der Waals surface area (Å²) in [5.74, 6) is 1.68. The van der Waals surface area contributed by atoms with Crippen LogP contribution in [0.3, 0.4) is 0 Å². The third kappa shape index (κ3) is 3.72. The fourth-order valence-corrected chi connectivity index (χ4v) is 4.74. The van der Waals surface area contributed by atoms with Gasteiger partial charge in [0, 0.05) is 17.0 Å². The minimum absolute atomic E-state index is 0.0877. The smallest absolute Gasteiger partial charge is 0.252 e. The first-order valence-electron chi connectivity index (χ1n) is 9.66. The van der Waals surface area contributed by atoms with Crippen molar-refractivity contribution in [1.82, 2.24) is 19.7 Å². The molecule has 1 aromatic carbocycles. The lowest BCUT2D eigenvalue weighted by Gasteiger charge is -2.17. The van der Waals surface area contributed by atoms with Gasteiger partial charge in [0.25, 0.3) is 5.95 Å². The predicted molar refractivity (Wildman–Crippen MR) is 116 cm³/mol. The fourth-order valence-electron chi connectivity index (χ4n) is 3.56. The molecule has 0 fully saturated rings. The number of phenolic OH excluding ortho intramolecular Hbond substituents is 1. The first-order valence-corrected chi connectivity index (χ1v) is 10.7. The zero-order valence-electron chi connectivity index (χ0n) is 17.3. The molecule has 0 radical (unpaired) electrons. The van der Waals surface area contributed by atoms with Gasteiger partial charge in [0.15, 0.2) is 11.5 Å². The number of nitrogens with one attached hydrogen (secondary N) is 1. The topological polar surface area (TPSA) is 102 Å². The van der Waals surface area contributed by atoms with E-state index in [1.807, 2.05) is 45.9 Å². The Kier molecular flexibility index (Phi) is 5.38. The van der Waals surface area contributed by atoms with Gasteiger partial charge < -0.3 is 15.2 Å². The molecule has 0 bridgehead atoms. The van der Waals surface area contributed by atoms with Gasteiger partial charge in [-0.2, -0.15) is 9.78 Å². The van der Waals surface area contributed by atoms with Crippen molar-refractivity contribution in [3.05, 3.63) is 52.5 Å². The molecule has 30 heavy (non-hydrogen) atoms. The summed E-state index contributed by atoms with van der Waals surface area (Å²) >= 11 is 1.51. The molecule has 0 aliphatic carbocycles. The third-order valence-corrected chi connectivity index (χ3v) is 6.02. The summed E-state index contributed by atoms with van der Waals surface area (Å²) in [6.45, 7) is 8.02. The Bertz CT molecular complexity index is 1110. The Labute approximate surface area is 178 Å². The van der Waals surface area contributed by atoms with E-state index in [0.29, 0.717) is 24.1 Å². The molecule has 9 heteroatoms. The zero-order valence-corrected chi connectivity index (χ0v) is 18.1. The number of rotatable bonds is 4. The number of hydrogen-bond acceptors (Lipinski definition) is 7. The van der Waals surface area contributed by atoms with Gasteiger partial charge in [-0.1, -0.05) is 6.07 Å². The molecule has 1 atom stereocenters. The van der Waals surface area contributed by atoms with Crippen LogP contribution in [0.15, 0.2) is 24.3 Å². The number of carbonyl (C=O) groups is 1. The van der Waals surface area contributed by atoms with E-state index in [1.165, 1.54) is 11.8 Å². The third-order valence-electron chi connectivity index (χ3n) is 4.75. The SMILES string of the molecule is CCOc1cc([C@@H]2SCC(=O)Nc3c2c(C)nn3-c2nc(C)cc(C)n2)ccc1O. The number of aromatic hydroxyl groups is 1. The van der Waals surface area contributed by atoms with Crippen LogP contribution in [-0.2, 0) is 4.79 Å². The molecule has 3 aromatic rings. The number of phenols is 1. The second-order valence-corrected chi connectivity index (χ2v) is 8.20. The van der Waals surface area contributed by atoms with E-state index < -0.39 is 0 Å². The van der Waals surface area contributed by atoms with Crippen molar-refractivity contribution >= 4 is 23.5 Å². The highest BCUT2D eigenvalue weighted by molar-refractivity contribution is 8.00. The van der Waals surface area contributed by atoms with Crippen molar-refractivity contribution < 1.29 is 14.6 Å². The van der Waals surface area contributed by atoms with Gasteiger partial charge >= 0.3 is 0 Å². The maximum Gasteiger partial charge on any atom is 0.252 e. The van der Waals surface area contributed by atoms with E-state index in [1.54, 1.807) is 10.7 Å². The highest BCUT2D eigenvalue weighted by Gasteiger charge is 2.31. The van der Waals surface area contributed by atoms with Gasteiger partial charge in [0.2, 0.25) is 5.91 Å². The summed E-state index contributed by atoms with van der Waals surface area (Å²) in [5.41, 5.74) is 4.23. The summed E-state index contributed by atoms with van der Waals surface area (Å²) in [6.07, 6.45) is 0. The first-order chi connectivity index (χ1) is 14.4. The minimum atomic E-state index is -0.168. The zero-order chi connectivity index (χ0) is 21.4. The summed E-state index contributed by atoms with van der Waals surface area (Å²) in [4.78, 5) is 21.5. The van der Waals surface area contributed by atoms with E-state index >= 15 is 0 Å². The Morgan fingerprint density at radius 3 is 2.67 bits per heavy atom. The molecule has 0 saturated heterocycles. The second-order valence-electron chi connectivity index (χ2n) is 7.11. The summed E-state index contributed by atoms with van der Waals surface area (Å²) in [6, 6.07) is 7.17. The van der Waals surface area contributed by atoms with Crippen LogP contribution >= 0.6 is 11.8 Å². The van der Waals surface area contributed by atoms with Gasteiger partial charge in [-0.05, 0) is 51.5 Å². The molecule has 3 heterocycles. The van der Waals surface area contributed by atoms with Gasteiger partial charge in [-0.15, -0.1) is 11.8 Å². The number of carbonyl (C=O) groups excluding carboxylic acids is 1. The molecule has 1 aliphatic heterocycles. The van der Waals surface area contributed by atoms with E-state index in [4.69, 9.17) is 4.74 Å². The standard InChI is InChI=1S/C21H23N5O3S/c1-5-29-16-9-14(6-7-15(16)27)19-18-13(4)25-26(20(18)24-17(28)10-30-19)21-22-11(2)8-12(3)23-21/h6-9,19,27H,5,10H2,1-4H3,(H,24,28)/t19-/m0/s1. The Hall–Kier alpha value is -3.07. The van der Waals surface area contributed by atoms with Crippen molar-refractivity contribution in [3.63, 3.8) is 0 Å². The summed E-state index contributed by atoms with van der Waals surface area (Å²) < 4.78 is 7.16. The molecule has 1 amide bonds. The highest BCUT2D eigenvalue weighted by atomic mass is 32.2. The Balaban J connectivity index is 1.87. The lowest BCUT2D eigenvalue weighted by atomic mass is 10.0. The maximum absolute atomic E-state index is 12.5. The normalized spacial score (nSPS) is 16.0. The molecule has 0 saturated carbocycles. The number of thioether (sulfide) groups is 1. The van der Waals surface area contributed by atoms with Crippen molar-refractivity contribution in [1.29, 1.82) is 0 Å². The predicted octanol–water partition coefficient (Wildman–Crippen LogP) is 3.47. The number of aromatic nitrogens is 4. The summed E-state index contributed by atoms with van der Waals surface area (Å²) in [5, 5.41) is 17.6. The van der Waals surface area contributed by atoms with Crippen LogP contribution in [0.2, 0.25) is 0 Å². The van der Waals surface area contributed by atoms with Crippen LogP contribution in [-0.4, -0.2) is 43.1 Å². The molecule has 1 aliphatic rings. The number of hydrogen-bond donors (Lipinski definition) is 2. The van der Waals surface area contributed by atoms with Crippen molar-refractivity contribution in [2.45, 2.75) is 32.9 Å². The van der Waals surface area contributed by atoms with Gasteiger partial charge in [0.05, 0.1) is 23.3 Å². The number of fused-ring (bicyclic) bond motifs is 1. The van der Waals surface area contributed by atoms with E-state index in [-0.39, 0.29) is 22.7 Å². The second kappa shape index (κ2) is 7.98. The van der Waals surface area contributed by atoms with Crippen molar-refractivity contribution in [2.75, 3.05) is 17.7 Å². The summed E-state index contributed by atoms with van der Waals surface area (Å²) in [7, 11) is 0. The molecular formula is C21H23N5O3S. The molecular weight excluding hydrogens is 402 g/mol. The van der Waals surface area contributed by atoms with Crippen LogP contribution in [0, 0.1) is 20.8 Å². The van der Waals surface area contributed by atoms with E-state index in [2.05, 4.69) is 20.4 Å². The van der Waals surface area contributed by atoms with Crippen molar-refractivity contribution in [2.24, 2.45) is 0 Å². The lowest BCUT2D eigenvalue weighted by Crippen LogP contribution is -2.17. The number of anilines is 1. The molecule has 156 valence electrons. The van der Waals surface area contributed by atoms with Crippen LogP contribution < -0.4 is 10.1 Å². The maximum atomic E-state index is 12.5. The number of nitrogens with zero attached hydrogens (tertiary/aromatic N) is 4. The first kappa shape index (κ1) is 20.2. The van der Waals surface area contributed by atoms with Gasteiger partial charge in [-0.3, -0.25) is 4.79 Å². The average Bonchev–Trinajstić information content (AvgIpc) is 2.89. The van der Waals surface area contributed by atoms with Crippen LogP contribution in [0.4, 0.5) is 5.82 Å². The van der Waals surface area contributed by atoms with E-state index in [9.17, 15) is 9.90 Å². The molecule has 2 N–H and O–H groups in total. The van der Waals surface area contributed by atoms with Gasteiger partial charge in [0.1, 0.15) is 5.82 Å². The monoisotopic (exact) mass is 425 g/mol. The molecule has 2 aromatic heterocycles. The number of ether oxygens (including phenoxy) is 1. The van der Waals surface area contributed by atoms with Crippen LogP contribution in [0.1, 0.15) is 40.4 Å². The fraction of sp³-hybridized carbons (Fsp3) is 0.333. The number of benzene rings is 1. The Morgan fingerprint density at radius 2 is 1.97 bits per heavy atom. The average molecular weight is 426 g/mol. The highest BCUT2D eigenvalue weighted by Crippen LogP contribution is 2.45. The largest absolute Gasteiger partial charge is 0.504 e. The molecule has 0 spiro atoms. The Morgan fingerprint density at radius 1 is 1.23 bits per heavy atom. The number of aryl methyl sites for hydroxylation is 3. The quantitative estimate of drug-likeness (QED) is 0.660. The molecule has 0 unspecified atom stereocenters. The molecule has 8 nitrogen and oxygen atoms in total. The molecule has 4 rings (SSSR count). The van der Waals surface area contributed by atoms with E-state index in [0.717, 1.165) is 28.2 Å². The minimum Gasteiger partial charge on any atom is -0.504 e. The number of amides is 1. The van der Waals surface area contributed by atoms with Crippen LogP contribution in [0.5, 0.6) is 11.5 Å². The van der Waals surface area contributed by atoms with Crippen LogP contribution in [0.25, 0.3) is 5.95 Å². The van der Waals surface area contributed by atoms with Gasteiger partial charge in [-0.25, -0.2) is 9.97 Å². The lowest BCUT2D eigenvalue weighted by molar-refractivity contribution is -0.113.